The summed E-state index contributed by atoms with van der Waals surface area (Å²) in [6, 6.07) is 12.8. The minimum atomic E-state index is 0.140. The van der Waals surface area contributed by atoms with Gasteiger partial charge in [0.2, 0.25) is 0 Å². The van der Waals surface area contributed by atoms with Crippen molar-refractivity contribution < 1.29 is 0 Å². The summed E-state index contributed by atoms with van der Waals surface area (Å²) in [6.07, 6.45) is 5.75. The maximum atomic E-state index is 9.36. The molecule has 0 heterocycles. The predicted molar refractivity (Wildman–Crippen MR) is 78.6 cm³/mol. The number of benzene rings is 1. The molecule has 1 fully saturated rings. The van der Waals surface area contributed by atoms with Crippen LogP contribution in [-0.4, -0.2) is 18.0 Å². The molecule has 0 aromatic heterocycles. The highest BCUT2D eigenvalue weighted by Gasteiger charge is 2.26. The molecule has 0 radical (unpaired) electrons. The van der Waals surface area contributed by atoms with Crippen molar-refractivity contribution in [1.29, 1.82) is 10.5 Å². The SMILES string of the molecule is CN(Cc1cccc(C#N)c1)C1CCCCCC1C#N. The first kappa shape index (κ1) is 14.6. The van der Waals surface area contributed by atoms with Crippen LogP contribution < -0.4 is 0 Å². The Morgan fingerprint density at radius 3 is 2.75 bits per heavy atom. The fourth-order valence-corrected chi connectivity index (χ4v) is 3.11. The highest BCUT2D eigenvalue weighted by Crippen LogP contribution is 2.27. The van der Waals surface area contributed by atoms with Crippen molar-refractivity contribution in [3.8, 4) is 12.1 Å². The third-order valence-electron chi connectivity index (χ3n) is 4.20. The summed E-state index contributed by atoms with van der Waals surface area (Å²) in [5.74, 6) is 0.140. The van der Waals surface area contributed by atoms with Crippen LogP contribution in [0.1, 0.15) is 43.2 Å². The van der Waals surface area contributed by atoms with Gasteiger partial charge in [-0.05, 0) is 37.6 Å². The van der Waals surface area contributed by atoms with Gasteiger partial charge < -0.3 is 0 Å². The second-order valence-corrected chi connectivity index (χ2v) is 5.67. The molecule has 2 atom stereocenters. The van der Waals surface area contributed by atoms with E-state index in [-0.39, 0.29) is 5.92 Å². The number of nitrogens with zero attached hydrogens (tertiary/aromatic N) is 3. The van der Waals surface area contributed by atoms with Gasteiger partial charge in [-0.15, -0.1) is 0 Å². The molecule has 0 bridgehead atoms. The lowest BCUT2D eigenvalue weighted by Crippen LogP contribution is -2.36. The zero-order valence-electron chi connectivity index (χ0n) is 12.0. The summed E-state index contributed by atoms with van der Waals surface area (Å²) in [5.41, 5.74) is 1.85. The number of rotatable bonds is 3. The molecule has 0 saturated heterocycles. The highest BCUT2D eigenvalue weighted by molar-refractivity contribution is 5.32. The maximum absolute atomic E-state index is 9.36. The minimum Gasteiger partial charge on any atom is -0.298 e. The normalized spacial score (nSPS) is 22.8. The topological polar surface area (TPSA) is 50.8 Å². The lowest BCUT2D eigenvalue weighted by molar-refractivity contribution is 0.183. The van der Waals surface area contributed by atoms with Crippen LogP contribution >= 0.6 is 0 Å². The largest absolute Gasteiger partial charge is 0.298 e. The van der Waals surface area contributed by atoms with Gasteiger partial charge in [0, 0.05) is 12.6 Å². The second kappa shape index (κ2) is 7.08. The van der Waals surface area contributed by atoms with Gasteiger partial charge in [-0.25, -0.2) is 0 Å². The Morgan fingerprint density at radius 1 is 1.20 bits per heavy atom. The first-order valence-corrected chi connectivity index (χ1v) is 7.33. The molecule has 0 spiro atoms. The van der Waals surface area contributed by atoms with Crippen LogP contribution in [0.3, 0.4) is 0 Å². The van der Waals surface area contributed by atoms with Crippen molar-refractivity contribution in [2.45, 2.75) is 44.7 Å². The average molecular weight is 267 g/mol. The summed E-state index contributed by atoms with van der Waals surface area (Å²) in [5, 5.41) is 18.3. The van der Waals surface area contributed by atoms with Crippen molar-refractivity contribution in [2.75, 3.05) is 7.05 Å². The lowest BCUT2D eigenvalue weighted by atomic mass is 9.94. The Hall–Kier alpha value is -1.84. The van der Waals surface area contributed by atoms with Crippen LogP contribution in [0.25, 0.3) is 0 Å². The first-order chi connectivity index (χ1) is 9.74. The van der Waals surface area contributed by atoms with Crippen LogP contribution in [0, 0.1) is 28.6 Å². The Balaban J connectivity index is 2.07. The van der Waals surface area contributed by atoms with Gasteiger partial charge >= 0.3 is 0 Å². The molecule has 1 aromatic carbocycles. The third kappa shape index (κ3) is 3.59. The van der Waals surface area contributed by atoms with E-state index in [1.807, 2.05) is 18.2 Å². The van der Waals surface area contributed by atoms with Crippen molar-refractivity contribution in [3.05, 3.63) is 35.4 Å². The molecule has 1 aromatic rings. The minimum absolute atomic E-state index is 0.140. The van der Waals surface area contributed by atoms with Gasteiger partial charge in [0.25, 0.3) is 0 Å². The molecule has 3 heteroatoms. The molecular formula is C17H21N3. The molecule has 1 saturated carbocycles. The molecule has 2 unspecified atom stereocenters. The van der Waals surface area contributed by atoms with Crippen LogP contribution in [-0.2, 0) is 6.54 Å². The number of hydrogen-bond acceptors (Lipinski definition) is 3. The lowest BCUT2D eigenvalue weighted by Gasteiger charge is -2.30. The molecule has 3 nitrogen and oxygen atoms in total. The van der Waals surface area contributed by atoms with Gasteiger partial charge in [0.15, 0.2) is 0 Å². The van der Waals surface area contributed by atoms with E-state index in [4.69, 9.17) is 5.26 Å². The fourth-order valence-electron chi connectivity index (χ4n) is 3.11. The Kier molecular flexibility index (Phi) is 5.16. The summed E-state index contributed by atoms with van der Waals surface area (Å²) in [7, 11) is 2.10. The van der Waals surface area contributed by atoms with Crippen molar-refractivity contribution in [3.63, 3.8) is 0 Å². The van der Waals surface area contributed by atoms with Gasteiger partial charge in [-0.1, -0.05) is 31.4 Å². The van der Waals surface area contributed by atoms with E-state index in [1.165, 1.54) is 19.3 Å². The van der Waals surface area contributed by atoms with Crippen molar-refractivity contribution >= 4 is 0 Å². The van der Waals surface area contributed by atoms with Crippen LogP contribution in [0.2, 0.25) is 0 Å². The van der Waals surface area contributed by atoms with Gasteiger partial charge in [-0.2, -0.15) is 10.5 Å². The maximum Gasteiger partial charge on any atom is 0.0991 e. The summed E-state index contributed by atoms with van der Waals surface area (Å²) >= 11 is 0. The van der Waals surface area contributed by atoms with E-state index in [0.717, 1.165) is 24.9 Å². The fraction of sp³-hybridized carbons (Fsp3) is 0.529. The molecule has 104 valence electrons. The smallest absolute Gasteiger partial charge is 0.0991 e. The third-order valence-corrected chi connectivity index (χ3v) is 4.20. The molecule has 0 amide bonds. The predicted octanol–water partition coefficient (Wildman–Crippen LogP) is 3.46. The van der Waals surface area contributed by atoms with Gasteiger partial charge in [0.05, 0.1) is 23.6 Å². The zero-order chi connectivity index (χ0) is 14.4. The number of hydrogen-bond donors (Lipinski definition) is 0. The van der Waals surface area contributed by atoms with Gasteiger partial charge in [-0.3, -0.25) is 4.90 Å². The molecule has 2 rings (SSSR count). The molecule has 1 aliphatic rings. The van der Waals surface area contributed by atoms with Crippen LogP contribution in [0.5, 0.6) is 0 Å². The second-order valence-electron chi connectivity index (χ2n) is 5.67. The van der Waals surface area contributed by atoms with Crippen molar-refractivity contribution in [2.24, 2.45) is 5.92 Å². The van der Waals surface area contributed by atoms with Gasteiger partial charge in [0.1, 0.15) is 0 Å². The first-order valence-electron chi connectivity index (χ1n) is 7.33. The van der Waals surface area contributed by atoms with Crippen LogP contribution in [0.4, 0.5) is 0 Å². The summed E-state index contributed by atoms with van der Waals surface area (Å²) in [4.78, 5) is 2.29. The Labute approximate surface area is 121 Å². The Bertz CT molecular complexity index is 524. The zero-order valence-corrected chi connectivity index (χ0v) is 12.0. The van der Waals surface area contributed by atoms with E-state index in [2.05, 4.69) is 30.2 Å². The quantitative estimate of drug-likeness (QED) is 0.788. The molecule has 20 heavy (non-hydrogen) atoms. The summed E-state index contributed by atoms with van der Waals surface area (Å²) < 4.78 is 0. The summed E-state index contributed by atoms with van der Waals surface area (Å²) in [6.45, 7) is 0.804. The van der Waals surface area contributed by atoms with E-state index in [0.29, 0.717) is 11.6 Å². The number of nitriles is 2. The average Bonchev–Trinajstić information content (AvgIpc) is 2.72. The van der Waals surface area contributed by atoms with Crippen molar-refractivity contribution in [1.82, 2.24) is 4.90 Å². The van der Waals surface area contributed by atoms with Crippen LogP contribution in [0.15, 0.2) is 24.3 Å². The van der Waals surface area contributed by atoms with E-state index < -0.39 is 0 Å². The molecule has 0 aliphatic heterocycles. The van der Waals surface area contributed by atoms with E-state index >= 15 is 0 Å². The molecular weight excluding hydrogens is 246 g/mol. The van der Waals surface area contributed by atoms with E-state index in [9.17, 15) is 5.26 Å². The highest BCUT2D eigenvalue weighted by atomic mass is 15.1. The van der Waals surface area contributed by atoms with E-state index in [1.54, 1.807) is 0 Å². The molecule has 1 aliphatic carbocycles. The Morgan fingerprint density at radius 2 is 2.00 bits per heavy atom. The molecule has 0 N–H and O–H groups in total. The monoisotopic (exact) mass is 267 g/mol. The standard InChI is InChI=1S/C17H21N3/c1-20(13-15-7-5-6-14(10-15)11-18)17-9-4-2-3-8-16(17)12-19/h5-7,10,16-17H,2-4,8-9,13H2,1H3.